The maximum Gasteiger partial charge on any atom is 2.00 e. The van der Waals surface area contributed by atoms with Crippen LogP contribution >= 0.6 is 24.8 Å². The van der Waals surface area contributed by atoms with Crippen molar-refractivity contribution < 1.29 is 26.2 Å². The molecular formula is C22H39Cl2SiZr. The summed E-state index contributed by atoms with van der Waals surface area (Å²) in [6, 6.07) is 0. The average molecular weight is 494 g/mol. The Bertz CT molecular complexity index is 397. The van der Waals surface area contributed by atoms with Crippen molar-refractivity contribution in [3.8, 4) is 0 Å². The van der Waals surface area contributed by atoms with Crippen molar-refractivity contribution in [3.05, 3.63) is 46.6 Å². The molecule has 0 nitrogen and oxygen atoms in total. The van der Waals surface area contributed by atoms with Crippen LogP contribution in [0.3, 0.4) is 0 Å². The molecule has 0 aromatic heterocycles. The van der Waals surface area contributed by atoms with E-state index in [0.29, 0.717) is 0 Å². The van der Waals surface area contributed by atoms with E-state index in [1.54, 1.807) is 0 Å². The summed E-state index contributed by atoms with van der Waals surface area (Å²) in [6.07, 6.45) is 21.1. The molecule has 0 aliphatic heterocycles. The number of hydrogen-bond donors (Lipinski definition) is 0. The fraction of sp³-hybridized carbons (Fsp3) is 0.636. The second-order valence-corrected chi connectivity index (χ2v) is 7.41. The van der Waals surface area contributed by atoms with E-state index in [0.717, 1.165) is 22.4 Å². The first kappa shape index (κ1) is 34.2. The van der Waals surface area contributed by atoms with Crippen LogP contribution in [-0.4, -0.2) is 9.52 Å². The third-order valence-corrected chi connectivity index (χ3v) is 3.99. The Kier molecular flexibility index (Phi) is 31.1. The average Bonchev–Trinajstić information content (AvgIpc) is 3.13. The van der Waals surface area contributed by atoms with E-state index in [1.807, 2.05) is 0 Å². The summed E-state index contributed by atoms with van der Waals surface area (Å²) in [4.78, 5) is 0. The molecule has 2 aliphatic rings. The Morgan fingerprint density at radius 3 is 1.31 bits per heavy atom. The number of unbranched alkanes of at least 4 members (excludes halogenated alkanes) is 2. The van der Waals surface area contributed by atoms with E-state index in [4.69, 9.17) is 0 Å². The Labute approximate surface area is 198 Å². The normalized spacial score (nSPS) is 13.8. The largest absolute Gasteiger partial charge is 2.00 e. The predicted molar refractivity (Wildman–Crippen MR) is 123 cm³/mol. The minimum absolute atomic E-state index is 0. The van der Waals surface area contributed by atoms with Crippen molar-refractivity contribution in [1.82, 2.24) is 0 Å². The van der Waals surface area contributed by atoms with Gasteiger partial charge >= 0.3 is 26.2 Å². The van der Waals surface area contributed by atoms with Gasteiger partial charge in [-0.2, -0.15) is 23.3 Å². The zero-order valence-electron chi connectivity index (χ0n) is 17.7. The Morgan fingerprint density at radius 2 is 1.12 bits per heavy atom. The van der Waals surface area contributed by atoms with Crippen LogP contribution in [0, 0.1) is 12.2 Å². The summed E-state index contributed by atoms with van der Waals surface area (Å²) in [7, 11) is 0.750. The van der Waals surface area contributed by atoms with Crippen LogP contribution in [0.5, 0.6) is 0 Å². The van der Waals surface area contributed by atoms with Crippen LogP contribution in [0.1, 0.15) is 79.1 Å². The summed E-state index contributed by atoms with van der Waals surface area (Å²) in [5, 5.41) is 0. The SMILES string of the molecule is CCCCC1=CC[C-]=C1C.CCCCC1=CC[C-]=C1C.C[SiH]C.Cl.Cl.[Zr+2]. The van der Waals surface area contributed by atoms with Crippen LogP contribution in [-0.2, 0) is 26.2 Å². The predicted octanol–water partition coefficient (Wildman–Crippen LogP) is 7.87. The van der Waals surface area contributed by atoms with Gasteiger partial charge in [-0.1, -0.05) is 79.3 Å². The van der Waals surface area contributed by atoms with Gasteiger partial charge in [-0.3, -0.25) is 12.2 Å². The van der Waals surface area contributed by atoms with Gasteiger partial charge in [0.15, 0.2) is 0 Å². The standard InChI is InChI=1S/2C10H15.C2H7Si.2ClH.Zr/c2*1-3-4-7-10-8-5-6-9(10)2;1-3-2;;;/h2*8H,3-5,7H2,1-2H3;3H,1-2H3;2*1H;/q2*-1;;;;+2. The van der Waals surface area contributed by atoms with E-state index in [1.165, 1.54) is 60.8 Å². The molecule has 26 heavy (non-hydrogen) atoms. The summed E-state index contributed by atoms with van der Waals surface area (Å²) in [5.41, 5.74) is 5.82. The first-order valence-electron chi connectivity index (χ1n) is 9.38. The fourth-order valence-corrected chi connectivity index (χ4v) is 2.50. The second-order valence-electron chi connectivity index (χ2n) is 6.25. The third kappa shape index (κ3) is 16.8. The molecule has 149 valence electrons. The molecule has 2 aliphatic carbocycles. The van der Waals surface area contributed by atoms with Crippen LogP contribution in [0.4, 0.5) is 0 Å². The van der Waals surface area contributed by atoms with Crippen molar-refractivity contribution in [1.29, 1.82) is 0 Å². The maximum atomic E-state index is 3.30. The molecule has 4 heteroatoms. The van der Waals surface area contributed by atoms with Gasteiger partial charge in [-0.05, 0) is 0 Å². The zero-order valence-corrected chi connectivity index (χ0v) is 23.0. The van der Waals surface area contributed by atoms with Gasteiger partial charge in [0.05, 0.1) is 0 Å². The second kappa shape index (κ2) is 23.7. The van der Waals surface area contributed by atoms with Crippen LogP contribution in [0.2, 0.25) is 13.1 Å². The zero-order chi connectivity index (χ0) is 17.5. The molecular weight excluding hydrogens is 454 g/mol. The molecule has 0 unspecified atom stereocenters. The van der Waals surface area contributed by atoms with Gasteiger partial charge in [0, 0.05) is 9.52 Å². The first-order valence-corrected chi connectivity index (χ1v) is 11.7. The fourth-order valence-electron chi connectivity index (χ4n) is 2.50. The van der Waals surface area contributed by atoms with Crippen LogP contribution in [0.25, 0.3) is 0 Å². The minimum Gasteiger partial charge on any atom is -0.269 e. The molecule has 0 atom stereocenters. The summed E-state index contributed by atoms with van der Waals surface area (Å²) < 4.78 is 0. The molecule has 0 heterocycles. The Hall–Kier alpha value is 0.640. The summed E-state index contributed by atoms with van der Waals surface area (Å²) in [6.45, 7) is 13.2. The van der Waals surface area contributed by atoms with Gasteiger partial charge in [-0.25, -0.2) is 11.1 Å². The van der Waals surface area contributed by atoms with Gasteiger partial charge < -0.3 is 0 Å². The molecule has 0 saturated carbocycles. The van der Waals surface area contributed by atoms with Crippen LogP contribution < -0.4 is 0 Å². The molecule has 1 radical (unpaired) electrons. The number of halogens is 2. The molecule has 0 N–H and O–H groups in total. The van der Waals surface area contributed by atoms with Gasteiger partial charge in [0.25, 0.3) is 0 Å². The Morgan fingerprint density at radius 1 is 0.808 bits per heavy atom. The van der Waals surface area contributed by atoms with Gasteiger partial charge in [-0.15, -0.1) is 37.7 Å². The van der Waals surface area contributed by atoms with Crippen molar-refractivity contribution in [2.75, 3.05) is 0 Å². The van der Waals surface area contributed by atoms with Crippen LogP contribution in [0.15, 0.2) is 34.4 Å². The molecule has 0 saturated heterocycles. The number of rotatable bonds is 6. The quantitative estimate of drug-likeness (QED) is 0.261. The summed E-state index contributed by atoms with van der Waals surface area (Å²) in [5.74, 6) is 0. The monoisotopic (exact) mass is 491 g/mol. The minimum atomic E-state index is 0. The molecule has 0 bridgehead atoms. The van der Waals surface area contributed by atoms with Crippen molar-refractivity contribution in [3.63, 3.8) is 0 Å². The molecule has 0 amide bonds. The van der Waals surface area contributed by atoms with E-state index in [2.05, 4.69) is 65.1 Å². The maximum absolute atomic E-state index is 3.30. The third-order valence-electron chi connectivity index (χ3n) is 3.99. The molecule has 0 aromatic carbocycles. The molecule has 0 fully saturated rings. The molecule has 0 aromatic rings. The van der Waals surface area contributed by atoms with Crippen molar-refractivity contribution >= 4 is 34.3 Å². The summed E-state index contributed by atoms with van der Waals surface area (Å²) >= 11 is 0. The molecule has 2 rings (SSSR count). The van der Waals surface area contributed by atoms with Crippen molar-refractivity contribution in [2.24, 2.45) is 0 Å². The smallest absolute Gasteiger partial charge is 0.269 e. The van der Waals surface area contributed by atoms with E-state index in [9.17, 15) is 0 Å². The van der Waals surface area contributed by atoms with Gasteiger partial charge in [0.2, 0.25) is 0 Å². The van der Waals surface area contributed by atoms with E-state index >= 15 is 0 Å². The Balaban J connectivity index is -0.000000147. The number of hydrogen-bond acceptors (Lipinski definition) is 0. The molecule has 0 spiro atoms. The van der Waals surface area contributed by atoms with Gasteiger partial charge in [0.1, 0.15) is 0 Å². The topological polar surface area (TPSA) is 0 Å². The number of allylic oxidation sites excluding steroid dienone is 8. The van der Waals surface area contributed by atoms with E-state index in [-0.39, 0.29) is 51.0 Å². The van der Waals surface area contributed by atoms with E-state index < -0.39 is 0 Å². The first-order chi connectivity index (χ1) is 11.1. The van der Waals surface area contributed by atoms with Crippen molar-refractivity contribution in [2.45, 2.75) is 92.2 Å².